The van der Waals surface area contributed by atoms with Crippen LogP contribution in [0.25, 0.3) is 0 Å². The molecule has 0 saturated carbocycles. The van der Waals surface area contributed by atoms with Gasteiger partial charge in [0.15, 0.2) is 0 Å². The van der Waals surface area contributed by atoms with Crippen molar-refractivity contribution in [1.82, 2.24) is 5.32 Å². The molecule has 2 heteroatoms. The van der Waals surface area contributed by atoms with Crippen molar-refractivity contribution >= 4 is 0 Å². The standard InChI is InChI=1S/C14H29NO/c1-13(2)9-8-10-14(3)15-11-6-4-5-7-12-16/h9,14-16H,4-8,10-12H2,1-3H3. The summed E-state index contributed by atoms with van der Waals surface area (Å²) >= 11 is 0. The van der Waals surface area contributed by atoms with Crippen molar-refractivity contribution in [3.8, 4) is 0 Å². The van der Waals surface area contributed by atoms with Crippen LogP contribution in [0.5, 0.6) is 0 Å². The summed E-state index contributed by atoms with van der Waals surface area (Å²) in [5.41, 5.74) is 1.41. The highest BCUT2D eigenvalue weighted by Gasteiger charge is 1.98. The molecule has 2 N–H and O–H groups in total. The van der Waals surface area contributed by atoms with Crippen LogP contribution >= 0.6 is 0 Å². The number of aliphatic hydroxyl groups is 1. The lowest BCUT2D eigenvalue weighted by Gasteiger charge is -2.12. The first kappa shape index (κ1) is 15.7. The number of rotatable bonds is 10. The Morgan fingerprint density at radius 2 is 1.88 bits per heavy atom. The Labute approximate surface area is 101 Å². The molecule has 2 nitrogen and oxygen atoms in total. The van der Waals surface area contributed by atoms with E-state index in [1.807, 2.05) is 0 Å². The lowest BCUT2D eigenvalue weighted by Crippen LogP contribution is -2.26. The second kappa shape index (κ2) is 11.2. The molecule has 0 spiro atoms. The molecular formula is C14H29NO. The van der Waals surface area contributed by atoms with E-state index in [2.05, 4.69) is 32.2 Å². The number of unbranched alkanes of at least 4 members (excludes halogenated alkanes) is 3. The predicted octanol–water partition coefficient (Wildman–Crippen LogP) is 3.26. The minimum Gasteiger partial charge on any atom is -0.396 e. The van der Waals surface area contributed by atoms with Crippen molar-refractivity contribution in [1.29, 1.82) is 0 Å². The van der Waals surface area contributed by atoms with Gasteiger partial charge in [-0.05, 0) is 53.0 Å². The van der Waals surface area contributed by atoms with Crippen molar-refractivity contribution in [2.45, 2.75) is 65.3 Å². The zero-order valence-electron chi connectivity index (χ0n) is 11.3. The fourth-order valence-corrected chi connectivity index (χ4v) is 1.66. The molecule has 1 unspecified atom stereocenters. The van der Waals surface area contributed by atoms with Gasteiger partial charge in [0.05, 0.1) is 0 Å². The lowest BCUT2D eigenvalue weighted by atomic mass is 10.1. The molecule has 0 fully saturated rings. The Bertz CT molecular complexity index is 174. The number of allylic oxidation sites excluding steroid dienone is 2. The van der Waals surface area contributed by atoms with Gasteiger partial charge in [-0.2, -0.15) is 0 Å². The maximum absolute atomic E-state index is 8.63. The third kappa shape index (κ3) is 11.7. The Morgan fingerprint density at radius 1 is 1.19 bits per heavy atom. The second-order valence-electron chi connectivity index (χ2n) is 4.85. The summed E-state index contributed by atoms with van der Waals surface area (Å²) < 4.78 is 0. The van der Waals surface area contributed by atoms with Crippen LogP contribution in [0.3, 0.4) is 0 Å². The van der Waals surface area contributed by atoms with Crippen molar-refractivity contribution < 1.29 is 5.11 Å². The van der Waals surface area contributed by atoms with E-state index in [9.17, 15) is 0 Å². The molecular weight excluding hydrogens is 198 g/mol. The molecule has 0 rings (SSSR count). The van der Waals surface area contributed by atoms with Crippen LogP contribution in [-0.4, -0.2) is 24.3 Å². The van der Waals surface area contributed by atoms with Gasteiger partial charge in [0.2, 0.25) is 0 Å². The molecule has 0 saturated heterocycles. The smallest absolute Gasteiger partial charge is 0.0431 e. The summed E-state index contributed by atoms with van der Waals surface area (Å²) in [5.74, 6) is 0. The zero-order chi connectivity index (χ0) is 12.2. The predicted molar refractivity (Wildman–Crippen MR) is 71.7 cm³/mol. The van der Waals surface area contributed by atoms with Crippen LogP contribution < -0.4 is 5.32 Å². The summed E-state index contributed by atoms with van der Waals surface area (Å²) in [6.45, 7) is 8.01. The maximum Gasteiger partial charge on any atom is 0.0431 e. The van der Waals surface area contributed by atoms with E-state index in [1.54, 1.807) is 0 Å². The summed E-state index contributed by atoms with van der Waals surface area (Å²) in [4.78, 5) is 0. The van der Waals surface area contributed by atoms with Gasteiger partial charge in [-0.1, -0.05) is 24.5 Å². The average molecular weight is 227 g/mol. The van der Waals surface area contributed by atoms with E-state index < -0.39 is 0 Å². The average Bonchev–Trinajstić information content (AvgIpc) is 2.22. The molecule has 0 heterocycles. The number of nitrogens with one attached hydrogen (secondary N) is 1. The van der Waals surface area contributed by atoms with Crippen molar-refractivity contribution in [3.63, 3.8) is 0 Å². The first-order valence-corrected chi connectivity index (χ1v) is 6.64. The fourth-order valence-electron chi connectivity index (χ4n) is 1.66. The summed E-state index contributed by atoms with van der Waals surface area (Å²) in [6, 6.07) is 0.619. The molecule has 0 aromatic rings. The van der Waals surface area contributed by atoms with Gasteiger partial charge in [-0.25, -0.2) is 0 Å². The van der Waals surface area contributed by atoms with E-state index >= 15 is 0 Å². The monoisotopic (exact) mass is 227 g/mol. The molecule has 0 bridgehead atoms. The highest BCUT2D eigenvalue weighted by molar-refractivity contribution is 4.93. The minimum absolute atomic E-state index is 0.340. The molecule has 0 aliphatic rings. The van der Waals surface area contributed by atoms with Crippen LogP contribution in [0.15, 0.2) is 11.6 Å². The minimum atomic E-state index is 0.340. The van der Waals surface area contributed by atoms with Gasteiger partial charge in [-0.3, -0.25) is 0 Å². The molecule has 0 aromatic heterocycles. The number of hydrogen-bond acceptors (Lipinski definition) is 2. The number of aliphatic hydroxyl groups excluding tert-OH is 1. The van der Waals surface area contributed by atoms with E-state index in [-0.39, 0.29) is 0 Å². The molecule has 96 valence electrons. The third-order valence-electron chi connectivity index (χ3n) is 2.73. The van der Waals surface area contributed by atoms with E-state index in [4.69, 9.17) is 5.11 Å². The largest absolute Gasteiger partial charge is 0.396 e. The molecule has 0 aliphatic heterocycles. The summed E-state index contributed by atoms with van der Waals surface area (Å²) in [7, 11) is 0. The molecule has 16 heavy (non-hydrogen) atoms. The Morgan fingerprint density at radius 3 is 2.50 bits per heavy atom. The Balaban J connectivity index is 3.23. The van der Waals surface area contributed by atoms with Crippen LogP contribution in [0.2, 0.25) is 0 Å². The molecule has 0 aliphatic carbocycles. The molecule has 0 amide bonds. The Kier molecular flexibility index (Phi) is 10.9. The van der Waals surface area contributed by atoms with Gasteiger partial charge >= 0.3 is 0 Å². The van der Waals surface area contributed by atoms with Crippen molar-refractivity contribution in [2.75, 3.05) is 13.2 Å². The molecule has 1 atom stereocenters. The van der Waals surface area contributed by atoms with Crippen molar-refractivity contribution in [3.05, 3.63) is 11.6 Å². The summed E-state index contributed by atoms with van der Waals surface area (Å²) in [6.07, 6.45) is 9.28. The molecule has 0 radical (unpaired) electrons. The van der Waals surface area contributed by atoms with E-state index in [1.165, 1.54) is 31.3 Å². The maximum atomic E-state index is 8.63. The normalized spacial score (nSPS) is 12.5. The van der Waals surface area contributed by atoms with Gasteiger partial charge in [0.25, 0.3) is 0 Å². The number of hydrogen-bond donors (Lipinski definition) is 2. The highest BCUT2D eigenvalue weighted by atomic mass is 16.2. The topological polar surface area (TPSA) is 32.3 Å². The van der Waals surface area contributed by atoms with E-state index in [0.717, 1.165) is 19.4 Å². The van der Waals surface area contributed by atoms with Gasteiger partial charge in [-0.15, -0.1) is 0 Å². The van der Waals surface area contributed by atoms with Gasteiger partial charge in [0.1, 0.15) is 0 Å². The van der Waals surface area contributed by atoms with Gasteiger partial charge in [0, 0.05) is 12.6 Å². The quantitative estimate of drug-likeness (QED) is 0.443. The first-order valence-electron chi connectivity index (χ1n) is 6.64. The SMILES string of the molecule is CC(C)=CCCC(C)NCCCCCCO. The van der Waals surface area contributed by atoms with Crippen LogP contribution in [-0.2, 0) is 0 Å². The zero-order valence-corrected chi connectivity index (χ0v) is 11.3. The van der Waals surface area contributed by atoms with Crippen molar-refractivity contribution in [2.24, 2.45) is 0 Å². The van der Waals surface area contributed by atoms with Gasteiger partial charge < -0.3 is 10.4 Å². The molecule has 0 aromatic carbocycles. The Hall–Kier alpha value is -0.340. The highest BCUT2D eigenvalue weighted by Crippen LogP contribution is 2.02. The lowest BCUT2D eigenvalue weighted by molar-refractivity contribution is 0.282. The first-order chi connectivity index (χ1) is 7.66. The van der Waals surface area contributed by atoms with Crippen LogP contribution in [0, 0.1) is 0 Å². The second-order valence-corrected chi connectivity index (χ2v) is 4.85. The van der Waals surface area contributed by atoms with E-state index in [0.29, 0.717) is 12.6 Å². The summed E-state index contributed by atoms with van der Waals surface area (Å²) in [5, 5.41) is 12.2. The van der Waals surface area contributed by atoms with Crippen LogP contribution in [0.1, 0.15) is 59.3 Å². The fraction of sp³-hybridized carbons (Fsp3) is 0.857. The van der Waals surface area contributed by atoms with Crippen LogP contribution in [0.4, 0.5) is 0 Å². The third-order valence-corrected chi connectivity index (χ3v) is 2.73.